The van der Waals surface area contributed by atoms with Crippen LogP contribution in [0, 0.1) is 0 Å². The zero-order valence-electron chi connectivity index (χ0n) is 17.5. The number of nitrogens with one attached hydrogen (secondary N) is 3. The Balaban J connectivity index is 1.41. The molecule has 0 spiro atoms. The number of fused-ring (bicyclic) bond motifs is 1. The largest absolute Gasteiger partial charge is 0.394 e. The first-order valence-electron chi connectivity index (χ1n) is 10.5. The van der Waals surface area contributed by atoms with E-state index >= 15 is 0 Å². The average Bonchev–Trinajstić information content (AvgIpc) is 3.50. The molecule has 1 unspecified atom stereocenters. The number of benzene rings is 2. The minimum absolute atomic E-state index is 0.240. The number of aliphatic hydroxyl groups is 1. The first-order valence-corrected chi connectivity index (χ1v) is 10.9. The number of aromatic amines is 2. The van der Waals surface area contributed by atoms with Crippen LogP contribution in [0.5, 0.6) is 0 Å². The number of carbonyl (C=O) groups excluding carboxylic acids is 1. The lowest BCUT2D eigenvalue weighted by Gasteiger charge is -2.16. The molecule has 4 N–H and O–H groups in total. The molecule has 0 bridgehead atoms. The highest BCUT2D eigenvalue weighted by molar-refractivity contribution is 6.30. The second-order valence-electron chi connectivity index (χ2n) is 7.75. The Labute approximate surface area is 195 Å². The predicted octanol–water partition coefficient (Wildman–Crippen LogP) is 5.34. The van der Waals surface area contributed by atoms with Crippen LogP contribution in [0.25, 0.3) is 33.3 Å². The Morgan fingerprint density at radius 3 is 2.61 bits per heavy atom. The van der Waals surface area contributed by atoms with Crippen molar-refractivity contribution in [2.45, 2.75) is 6.04 Å². The van der Waals surface area contributed by atoms with Gasteiger partial charge in [0.15, 0.2) is 0 Å². The maximum Gasteiger partial charge on any atom is 0.268 e. The first-order chi connectivity index (χ1) is 16.1. The minimum atomic E-state index is -0.561. The summed E-state index contributed by atoms with van der Waals surface area (Å²) in [6.45, 7) is -0.240. The standard InChI is InChI=1S/C26H21ClN4O2/c27-20-8-4-7-17(9-20)24(15-32)31-26(33)23-11-19(13-28-23)22-14-30-25-21(22)10-18(12-29-25)16-5-2-1-3-6-16/h1-14,24,28,32H,15H2,(H,29,30)(H,31,33). The highest BCUT2D eigenvalue weighted by atomic mass is 35.5. The lowest BCUT2D eigenvalue weighted by molar-refractivity contribution is 0.0912. The van der Waals surface area contributed by atoms with Gasteiger partial charge in [-0.1, -0.05) is 54.1 Å². The van der Waals surface area contributed by atoms with E-state index in [0.717, 1.165) is 38.9 Å². The fraction of sp³-hybridized carbons (Fsp3) is 0.0769. The molecule has 7 heteroatoms. The molecule has 1 amide bonds. The van der Waals surface area contributed by atoms with Gasteiger partial charge in [-0.3, -0.25) is 4.79 Å². The topological polar surface area (TPSA) is 93.8 Å². The van der Waals surface area contributed by atoms with Crippen molar-refractivity contribution < 1.29 is 9.90 Å². The lowest BCUT2D eigenvalue weighted by atomic mass is 10.0. The molecule has 1 atom stereocenters. The summed E-state index contributed by atoms with van der Waals surface area (Å²) in [7, 11) is 0. The van der Waals surface area contributed by atoms with Crippen LogP contribution in [0.2, 0.25) is 5.02 Å². The zero-order chi connectivity index (χ0) is 22.8. The van der Waals surface area contributed by atoms with Crippen molar-refractivity contribution in [3.8, 4) is 22.3 Å². The molecule has 0 aliphatic rings. The molecule has 3 aromatic heterocycles. The van der Waals surface area contributed by atoms with Crippen LogP contribution in [-0.2, 0) is 0 Å². The third-order valence-corrected chi connectivity index (χ3v) is 5.85. The summed E-state index contributed by atoms with van der Waals surface area (Å²) in [4.78, 5) is 23.6. The van der Waals surface area contributed by atoms with Crippen LogP contribution in [0.3, 0.4) is 0 Å². The van der Waals surface area contributed by atoms with E-state index in [9.17, 15) is 9.90 Å². The number of hydrogen-bond acceptors (Lipinski definition) is 3. The molecule has 5 aromatic rings. The third-order valence-electron chi connectivity index (χ3n) is 5.62. The molecule has 0 aliphatic carbocycles. The molecule has 0 radical (unpaired) electrons. The summed E-state index contributed by atoms with van der Waals surface area (Å²) >= 11 is 6.05. The van der Waals surface area contributed by atoms with Crippen LogP contribution in [0.1, 0.15) is 22.1 Å². The van der Waals surface area contributed by atoms with Gasteiger partial charge in [-0.15, -0.1) is 0 Å². The number of hydrogen-bond donors (Lipinski definition) is 4. The molecule has 0 fully saturated rings. The van der Waals surface area contributed by atoms with E-state index in [1.807, 2.05) is 48.8 Å². The number of pyridine rings is 1. The first kappa shape index (κ1) is 21.0. The Morgan fingerprint density at radius 1 is 0.970 bits per heavy atom. The molecular formula is C26H21ClN4O2. The fourth-order valence-electron chi connectivity index (χ4n) is 3.91. The summed E-state index contributed by atoms with van der Waals surface area (Å²) in [6.07, 6.45) is 5.53. The van der Waals surface area contributed by atoms with E-state index in [2.05, 4.69) is 26.3 Å². The number of aromatic nitrogens is 3. The van der Waals surface area contributed by atoms with E-state index in [1.54, 1.807) is 30.5 Å². The molecular weight excluding hydrogens is 436 g/mol. The minimum Gasteiger partial charge on any atom is -0.394 e. The van der Waals surface area contributed by atoms with Gasteiger partial charge in [-0.2, -0.15) is 0 Å². The number of rotatable bonds is 6. The molecule has 0 saturated heterocycles. The fourth-order valence-corrected chi connectivity index (χ4v) is 4.10. The van der Waals surface area contributed by atoms with E-state index < -0.39 is 6.04 Å². The van der Waals surface area contributed by atoms with Crippen LogP contribution < -0.4 is 5.32 Å². The van der Waals surface area contributed by atoms with Gasteiger partial charge in [-0.05, 0) is 35.4 Å². The van der Waals surface area contributed by atoms with Gasteiger partial charge in [0.2, 0.25) is 0 Å². The van der Waals surface area contributed by atoms with Crippen LogP contribution in [-0.4, -0.2) is 32.6 Å². The number of carbonyl (C=O) groups is 1. The number of aliphatic hydroxyl groups excluding tert-OH is 1. The smallest absolute Gasteiger partial charge is 0.268 e. The van der Waals surface area contributed by atoms with Gasteiger partial charge in [0.25, 0.3) is 5.91 Å². The molecule has 164 valence electrons. The Morgan fingerprint density at radius 2 is 1.82 bits per heavy atom. The Hall–Kier alpha value is -3.87. The molecule has 3 heterocycles. The number of amides is 1. The molecule has 0 aliphatic heterocycles. The highest BCUT2D eigenvalue weighted by Crippen LogP contribution is 2.31. The third kappa shape index (κ3) is 4.26. The molecule has 2 aromatic carbocycles. The van der Waals surface area contributed by atoms with E-state index in [0.29, 0.717) is 10.7 Å². The summed E-state index contributed by atoms with van der Waals surface area (Å²) in [5.41, 5.74) is 5.82. The van der Waals surface area contributed by atoms with Gasteiger partial charge >= 0.3 is 0 Å². The Kier molecular flexibility index (Phi) is 5.69. The van der Waals surface area contributed by atoms with Crippen LogP contribution >= 0.6 is 11.6 Å². The van der Waals surface area contributed by atoms with Crippen molar-refractivity contribution in [2.24, 2.45) is 0 Å². The van der Waals surface area contributed by atoms with Crippen molar-refractivity contribution in [3.63, 3.8) is 0 Å². The average molecular weight is 457 g/mol. The molecule has 5 rings (SSSR count). The normalized spacial score (nSPS) is 12.1. The summed E-state index contributed by atoms with van der Waals surface area (Å²) in [5, 5.41) is 14.1. The van der Waals surface area contributed by atoms with Crippen LogP contribution in [0.15, 0.2) is 85.3 Å². The monoisotopic (exact) mass is 456 g/mol. The maximum absolute atomic E-state index is 12.9. The highest BCUT2D eigenvalue weighted by Gasteiger charge is 2.18. The van der Waals surface area contributed by atoms with Crippen molar-refractivity contribution in [1.29, 1.82) is 0 Å². The predicted molar refractivity (Wildman–Crippen MR) is 130 cm³/mol. The van der Waals surface area contributed by atoms with Gasteiger partial charge in [-0.25, -0.2) is 4.98 Å². The van der Waals surface area contributed by atoms with Crippen LogP contribution in [0.4, 0.5) is 0 Å². The number of halogens is 1. The van der Waals surface area contributed by atoms with Crippen molar-refractivity contribution in [1.82, 2.24) is 20.3 Å². The van der Waals surface area contributed by atoms with E-state index in [-0.39, 0.29) is 12.5 Å². The summed E-state index contributed by atoms with van der Waals surface area (Å²) in [5.74, 6) is -0.316. The number of H-pyrrole nitrogens is 2. The lowest BCUT2D eigenvalue weighted by Crippen LogP contribution is -2.31. The second-order valence-corrected chi connectivity index (χ2v) is 8.19. The Bertz CT molecular complexity index is 1420. The molecule has 6 nitrogen and oxygen atoms in total. The van der Waals surface area contributed by atoms with Gasteiger partial charge in [0.05, 0.1) is 12.6 Å². The zero-order valence-corrected chi connectivity index (χ0v) is 18.3. The summed E-state index contributed by atoms with van der Waals surface area (Å²) in [6, 6.07) is 20.5. The van der Waals surface area contributed by atoms with Crippen molar-refractivity contribution >= 4 is 28.5 Å². The quantitative estimate of drug-likeness (QED) is 0.278. The van der Waals surface area contributed by atoms with E-state index in [1.165, 1.54) is 0 Å². The SMILES string of the molecule is O=C(NC(CO)c1cccc(Cl)c1)c1cc(-c2c[nH]c3ncc(-c4ccccc4)cc23)c[nH]1. The second kappa shape index (κ2) is 8.94. The number of nitrogens with zero attached hydrogens (tertiary/aromatic N) is 1. The van der Waals surface area contributed by atoms with Gasteiger partial charge in [0, 0.05) is 45.7 Å². The van der Waals surface area contributed by atoms with Gasteiger partial charge < -0.3 is 20.4 Å². The molecule has 33 heavy (non-hydrogen) atoms. The summed E-state index contributed by atoms with van der Waals surface area (Å²) < 4.78 is 0. The van der Waals surface area contributed by atoms with Crippen molar-refractivity contribution in [3.05, 3.63) is 102 Å². The van der Waals surface area contributed by atoms with E-state index in [4.69, 9.17) is 11.6 Å². The molecule has 0 saturated carbocycles. The maximum atomic E-state index is 12.9. The van der Waals surface area contributed by atoms with Crippen molar-refractivity contribution in [2.75, 3.05) is 6.61 Å². The van der Waals surface area contributed by atoms with Gasteiger partial charge in [0.1, 0.15) is 11.3 Å².